The molecule has 0 fully saturated rings. The molecule has 0 aliphatic rings. The van der Waals surface area contributed by atoms with Crippen LogP contribution >= 0.6 is 8.58 Å². The van der Waals surface area contributed by atoms with Gasteiger partial charge in [-0.05, 0) is 48.5 Å². The van der Waals surface area contributed by atoms with E-state index in [1.165, 1.54) is 10.9 Å². The number of benzene rings is 2. The van der Waals surface area contributed by atoms with Gasteiger partial charge in [-0.2, -0.15) is 0 Å². The Morgan fingerprint density at radius 3 is 2.62 bits per heavy atom. The molecule has 0 spiro atoms. The third-order valence-electron chi connectivity index (χ3n) is 4.39. The Morgan fingerprint density at radius 1 is 1.25 bits per heavy atom. The van der Waals surface area contributed by atoms with Crippen molar-refractivity contribution in [3.63, 3.8) is 0 Å². The van der Waals surface area contributed by atoms with Crippen molar-refractivity contribution < 1.29 is 9.84 Å². The Hall–Kier alpha value is -1.86. The van der Waals surface area contributed by atoms with E-state index in [2.05, 4.69) is 44.0 Å². The van der Waals surface area contributed by atoms with Crippen LogP contribution in [-0.2, 0) is 5.16 Å². The molecule has 2 aromatic rings. The minimum Gasteiger partial charge on any atom is -0.508 e. The molecule has 4 heteroatoms. The fourth-order valence-electron chi connectivity index (χ4n) is 2.77. The summed E-state index contributed by atoms with van der Waals surface area (Å²) in [5, 5.41) is 11.5. The van der Waals surface area contributed by atoms with Crippen LogP contribution in [0.3, 0.4) is 0 Å². The molecule has 2 unspecified atom stereocenters. The number of ether oxygens (including phenoxy) is 1. The van der Waals surface area contributed by atoms with E-state index in [0.29, 0.717) is 14.3 Å². The molecule has 0 radical (unpaired) electrons. The number of hydrogen-bond acceptors (Lipinski definition) is 3. The van der Waals surface area contributed by atoms with Crippen LogP contribution in [0.15, 0.2) is 41.4 Å². The lowest BCUT2D eigenvalue weighted by atomic mass is 9.96. The average Bonchev–Trinajstić information content (AvgIpc) is 2.58. The van der Waals surface area contributed by atoms with Gasteiger partial charge in [-0.3, -0.25) is 4.99 Å². The van der Waals surface area contributed by atoms with E-state index in [4.69, 9.17) is 4.74 Å². The summed E-state index contributed by atoms with van der Waals surface area (Å²) in [6, 6.07) is 11.9. The molecule has 0 heterocycles. The largest absolute Gasteiger partial charge is 0.508 e. The minimum absolute atomic E-state index is 0.162. The number of rotatable bonds is 6. The molecule has 0 saturated carbocycles. The van der Waals surface area contributed by atoms with Crippen LogP contribution in [0.25, 0.3) is 0 Å². The van der Waals surface area contributed by atoms with Gasteiger partial charge in [0.05, 0.1) is 7.11 Å². The van der Waals surface area contributed by atoms with E-state index >= 15 is 0 Å². The highest BCUT2D eigenvalue weighted by Crippen LogP contribution is 2.48. The van der Waals surface area contributed by atoms with Crippen LogP contribution in [0.2, 0.25) is 0 Å². The molecule has 0 aromatic heterocycles. The highest BCUT2D eigenvalue weighted by atomic mass is 31.1. The zero-order chi connectivity index (χ0) is 17.7. The maximum absolute atomic E-state index is 10.4. The summed E-state index contributed by atoms with van der Waals surface area (Å²) in [7, 11) is 3.96. The standard InChI is InChI=1S/C20H26NO2P/c1-6-20(3,17-12-16(23-5)8-9-18(17)22)24-19-10-7-14(2)11-15(19)13-21-4/h7-13,22,24H,6H2,1-5H3/b21-13+. The van der Waals surface area contributed by atoms with E-state index in [1.54, 1.807) is 26.3 Å². The zero-order valence-corrected chi connectivity index (χ0v) is 16.1. The second-order valence-electron chi connectivity index (χ2n) is 6.17. The summed E-state index contributed by atoms with van der Waals surface area (Å²) < 4.78 is 5.35. The summed E-state index contributed by atoms with van der Waals surface area (Å²) in [5.41, 5.74) is 3.31. The van der Waals surface area contributed by atoms with Gasteiger partial charge in [0, 0.05) is 24.0 Å². The molecular formula is C20H26NO2P. The number of methoxy groups -OCH3 is 1. The molecule has 0 bridgehead atoms. The van der Waals surface area contributed by atoms with E-state index < -0.39 is 0 Å². The zero-order valence-electron chi connectivity index (χ0n) is 15.1. The first-order valence-electron chi connectivity index (χ1n) is 8.12. The Labute approximate surface area is 146 Å². The number of phenols is 1. The molecule has 3 nitrogen and oxygen atoms in total. The Balaban J connectivity index is 2.49. The smallest absolute Gasteiger partial charge is 0.119 e. The summed E-state index contributed by atoms with van der Waals surface area (Å²) in [6.45, 7) is 6.45. The predicted octanol–water partition coefficient (Wildman–Crippen LogP) is 4.39. The van der Waals surface area contributed by atoms with Crippen molar-refractivity contribution in [1.29, 1.82) is 0 Å². The molecule has 2 aromatic carbocycles. The number of aromatic hydroxyl groups is 1. The Bertz CT molecular complexity index is 742. The van der Waals surface area contributed by atoms with Crippen LogP contribution in [0, 0.1) is 6.92 Å². The van der Waals surface area contributed by atoms with Crippen LogP contribution in [-0.4, -0.2) is 25.5 Å². The summed E-state index contributed by atoms with van der Waals surface area (Å²) in [5.74, 6) is 1.09. The topological polar surface area (TPSA) is 41.8 Å². The van der Waals surface area contributed by atoms with E-state index in [-0.39, 0.29) is 5.16 Å². The number of hydrogen-bond donors (Lipinski definition) is 1. The first kappa shape index (κ1) is 18.5. The summed E-state index contributed by atoms with van der Waals surface area (Å²) >= 11 is 0. The number of nitrogens with zero attached hydrogens (tertiary/aromatic N) is 1. The predicted molar refractivity (Wildman–Crippen MR) is 105 cm³/mol. The first-order valence-corrected chi connectivity index (χ1v) is 9.12. The lowest BCUT2D eigenvalue weighted by Crippen LogP contribution is -2.20. The monoisotopic (exact) mass is 343 g/mol. The van der Waals surface area contributed by atoms with Crippen molar-refractivity contribution in [1.82, 2.24) is 0 Å². The van der Waals surface area contributed by atoms with Gasteiger partial charge in [0.2, 0.25) is 0 Å². The molecule has 1 N–H and O–H groups in total. The van der Waals surface area contributed by atoms with E-state index in [9.17, 15) is 5.11 Å². The Morgan fingerprint density at radius 2 is 2.00 bits per heavy atom. The normalized spacial score (nSPS) is 14.4. The first-order chi connectivity index (χ1) is 11.4. The molecule has 0 aliphatic carbocycles. The summed E-state index contributed by atoms with van der Waals surface area (Å²) in [4.78, 5) is 4.19. The van der Waals surface area contributed by atoms with Crippen molar-refractivity contribution in [2.45, 2.75) is 32.3 Å². The van der Waals surface area contributed by atoms with Crippen molar-refractivity contribution in [3.05, 3.63) is 53.1 Å². The number of aryl methyl sites for hydroxylation is 1. The number of aliphatic imine (C=N–C) groups is 1. The van der Waals surface area contributed by atoms with Gasteiger partial charge < -0.3 is 9.84 Å². The third-order valence-corrected chi connectivity index (χ3v) is 6.29. The van der Waals surface area contributed by atoms with Gasteiger partial charge in [-0.1, -0.05) is 40.1 Å². The molecule has 0 aliphatic heterocycles. The van der Waals surface area contributed by atoms with Crippen LogP contribution in [0.1, 0.15) is 37.0 Å². The summed E-state index contributed by atoms with van der Waals surface area (Å²) in [6.07, 6.45) is 2.83. The number of phenolic OH excluding ortho intramolecular Hbond substituents is 1. The van der Waals surface area contributed by atoms with Crippen molar-refractivity contribution in [2.24, 2.45) is 4.99 Å². The highest BCUT2D eigenvalue weighted by Gasteiger charge is 2.29. The maximum Gasteiger partial charge on any atom is 0.119 e. The second kappa shape index (κ2) is 7.81. The molecule has 0 saturated heterocycles. The molecule has 24 heavy (non-hydrogen) atoms. The van der Waals surface area contributed by atoms with Crippen LogP contribution in [0.5, 0.6) is 11.5 Å². The quantitative estimate of drug-likeness (QED) is 0.624. The van der Waals surface area contributed by atoms with Crippen molar-refractivity contribution in [2.75, 3.05) is 14.2 Å². The molecule has 2 atom stereocenters. The van der Waals surface area contributed by atoms with E-state index in [0.717, 1.165) is 23.3 Å². The lowest BCUT2D eigenvalue weighted by molar-refractivity contribution is 0.408. The molecular weight excluding hydrogens is 317 g/mol. The Kier molecular flexibility index (Phi) is 6.01. The van der Waals surface area contributed by atoms with Crippen LogP contribution in [0.4, 0.5) is 0 Å². The minimum atomic E-state index is -0.162. The van der Waals surface area contributed by atoms with Gasteiger partial charge >= 0.3 is 0 Å². The second-order valence-corrected chi connectivity index (χ2v) is 8.06. The highest BCUT2D eigenvalue weighted by molar-refractivity contribution is 7.48. The van der Waals surface area contributed by atoms with Crippen molar-refractivity contribution in [3.8, 4) is 11.5 Å². The molecule has 0 amide bonds. The lowest BCUT2D eigenvalue weighted by Gasteiger charge is -2.31. The average molecular weight is 343 g/mol. The van der Waals surface area contributed by atoms with Gasteiger partial charge in [0.25, 0.3) is 0 Å². The van der Waals surface area contributed by atoms with Gasteiger partial charge in [-0.15, -0.1) is 0 Å². The molecule has 128 valence electrons. The van der Waals surface area contributed by atoms with E-state index in [1.807, 2.05) is 12.3 Å². The maximum atomic E-state index is 10.4. The van der Waals surface area contributed by atoms with Gasteiger partial charge in [0.15, 0.2) is 0 Å². The molecule has 2 rings (SSSR count). The van der Waals surface area contributed by atoms with Crippen LogP contribution < -0.4 is 10.0 Å². The fraction of sp³-hybridized carbons (Fsp3) is 0.350. The SMILES string of the molecule is CCC(C)(Pc1ccc(C)cc1/C=N/C)c1cc(OC)ccc1O. The fourth-order valence-corrected chi connectivity index (χ4v) is 4.32. The van der Waals surface area contributed by atoms with Gasteiger partial charge in [0.1, 0.15) is 11.5 Å². The van der Waals surface area contributed by atoms with Gasteiger partial charge in [-0.25, -0.2) is 0 Å². The third kappa shape index (κ3) is 3.96. The van der Waals surface area contributed by atoms with Crippen molar-refractivity contribution >= 4 is 20.1 Å².